The highest BCUT2D eigenvalue weighted by molar-refractivity contribution is 6.31. The number of carbonyl (C=O) groups is 2. The normalized spacial score (nSPS) is 17.7. The first kappa shape index (κ1) is 17.6. The van der Waals surface area contributed by atoms with Crippen molar-refractivity contribution in [3.63, 3.8) is 0 Å². The zero-order valence-electron chi connectivity index (χ0n) is 13.4. The molecular weight excluding hydrogens is 316 g/mol. The summed E-state index contributed by atoms with van der Waals surface area (Å²) in [5.74, 6) is -0.418. The lowest BCUT2D eigenvalue weighted by atomic mass is 9.98. The molecular formula is C17H23ClN2O3. The molecule has 1 saturated heterocycles. The zero-order valence-corrected chi connectivity index (χ0v) is 14.1. The van der Waals surface area contributed by atoms with Crippen LogP contribution in [0.5, 0.6) is 0 Å². The van der Waals surface area contributed by atoms with Gasteiger partial charge in [0.1, 0.15) is 0 Å². The van der Waals surface area contributed by atoms with E-state index in [2.05, 4.69) is 5.32 Å². The monoisotopic (exact) mass is 338 g/mol. The first-order valence-corrected chi connectivity index (χ1v) is 8.42. The number of halogens is 1. The van der Waals surface area contributed by atoms with Gasteiger partial charge in [-0.15, -0.1) is 0 Å². The average molecular weight is 339 g/mol. The molecule has 1 aromatic rings. The second-order valence-electron chi connectivity index (χ2n) is 5.61. The Morgan fingerprint density at radius 1 is 1.39 bits per heavy atom. The number of urea groups is 1. The number of hydrogen-bond acceptors (Lipinski definition) is 3. The van der Waals surface area contributed by atoms with Crippen LogP contribution in [0.3, 0.4) is 0 Å². The van der Waals surface area contributed by atoms with Crippen LogP contribution in [-0.2, 0) is 16.0 Å². The summed E-state index contributed by atoms with van der Waals surface area (Å²) in [6.07, 6.45) is 2.28. The topological polar surface area (TPSA) is 58.6 Å². The summed E-state index contributed by atoms with van der Waals surface area (Å²) in [6.45, 7) is 3.78. The molecule has 0 radical (unpaired) electrons. The van der Waals surface area contributed by atoms with Gasteiger partial charge in [-0.3, -0.25) is 4.79 Å². The van der Waals surface area contributed by atoms with Gasteiger partial charge < -0.3 is 15.0 Å². The maximum Gasteiger partial charge on any atom is 0.317 e. The average Bonchev–Trinajstić information content (AvgIpc) is 2.57. The van der Waals surface area contributed by atoms with E-state index < -0.39 is 0 Å². The van der Waals surface area contributed by atoms with Crippen molar-refractivity contribution in [2.45, 2.75) is 26.2 Å². The molecule has 5 nitrogen and oxygen atoms in total. The highest BCUT2D eigenvalue weighted by Crippen LogP contribution is 2.18. The minimum atomic E-state index is -0.210. The van der Waals surface area contributed by atoms with E-state index >= 15 is 0 Å². The highest BCUT2D eigenvalue weighted by atomic mass is 35.5. The summed E-state index contributed by atoms with van der Waals surface area (Å²) < 4.78 is 5.05. The molecule has 1 fully saturated rings. The number of rotatable bonds is 5. The van der Waals surface area contributed by atoms with Gasteiger partial charge in [0, 0.05) is 24.7 Å². The lowest BCUT2D eigenvalue weighted by Crippen LogP contribution is -2.47. The van der Waals surface area contributed by atoms with E-state index in [0.29, 0.717) is 37.7 Å². The van der Waals surface area contributed by atoms with E-state index in [1.807, 2.05) is 24.3 Å². The minimum absolute atomic E-state index is 0.133. The fourth-order valence-corrected chi connectivity index (χ4v) is 2.96. The molecule has 23 heavy (non-hydrogen) atoms. The Kier molecular flexibility index (Phi) is 6.71. The van der Waals surface area contributed by atoms with Gasteiger partial charge in [0.25, 0.3) is 0 Å². The number of benzene rings is 1. The van der Waals surface area contributed by atoms with Crippen LogP contribution in [0.4, 0.5) is 4.79 Å². The molecule has 1 unspecified atom stereocenters. The highest BCUT2D eigenvalue weighted by Gasteiger charge is 2.29. The molecule has 0 bridgehead atoms. The van der Waals surface area contributed by atoms with Crippen LogP contribution >= 0.6 is 11.6 Å². The Balaban J connectivity index is 1.79. The predicted octanol–water partition coefficient (Wildman–Crippen LogP) is 2.87. The standard InChI is InChI=1S/C17H23ClN2O3/c1-2-23-16(21)14-7-5-11-20(12-14)17(22)19-10-9-13-6-3-4-8-15(13)18/h3-4,6,8,14H,2,5,7,9-12H2,1H3,(H,19,22). The number of piperidine rings is 1. The van der Waals surface area contributed by atoms with Crippen LogP contribution in [0.15, 0.2) is 24.3 Å². The van der Waals surface area contributed by atoms with E-state index in [0.717, 1.165) is 18.4 Å². The van der Waals surface area contributed by atoms with Crippen molar-refractivity contribution >= 4 is 23.6 Å². The first-order chi connectivity index (χ1) is 11.1. The quantitative estimate of drug-likeness (QED) is 0.840. The largest absolute Gasteiger partial charge is 0.466 e. The van der Waals surface area contributed by atoms with Crippen molar-refractivity contribution < 1.29 is 14.3 Å². The molecule has 0 spiro atoms. The number of hydrogen-bond donors (Lipinski definition) is 1. The molecule has 1 aliphatic rings. The van der Waals surface area contributed by atoms with E-state index in [4.69, 9.17) is 16.3 Å². The van der Waals surface area contributed by atoms with Crippen molar-refractivity contribution in [1.82, 2.24) is 10.2 Å². The molecule has 0 saturated carbocycles. The second kappa shape index (κ2) is 8.77. The summed E-state index contributed by atoms with van der Waals surface area (Å²) >= 11 is 6.10. The van der Waals surface area contributed by atoms with Crippen LogP contribution in [0.2, 0.25) is 5.02 Å². The smallest absolute Gasteiger partial charge is 0.317 e. The molecule has 1 heterocycles. The maximum absolute atomic E-state index is 12.2. The van der Waals surface area contributed by atoms with E-state index in [1.165, 1.54) is 0 Å². The van der Waals surface area contributed by atoms with E-state index in [1.54, 1.807) is 11.8 Å². The Morgan fingerprint density at radius 2 is 2.17 bits per heavy atom. The van der Waals surface area contributed by atoms with Gasteiger partial charge >= 0.3 is 12.0 Å². The Bertz CT molecular complexity index is 550. The summed E-state index contributed by atoms with van der Waals surface area (Å²) in [4.78, 5) is 25.7. The summed E-state index contributed by atoms with van der Waals surface area (Å²) in [5.41, 5.74) is 1.01. The first-order valence-electron chi connectivity index (χ1n) is 8.04. The summed E-state index contributed by atoms with van der Waals surface area (Å²) in [6, 6.07) is 7.47. The minimum Gasteiger partial charge on any atom is -0.466 e. The SMILES string of the molecule is CCOC(=O)C1CCCN(C(=O)NCCc2ccccc2Cl)C1. The van der Waals surface area contributed by atoms with Crippen LogP contribution < -0.4 is 5.32 Å². The van der Waals surface area contributed by atoms with E-state index in [-0.39, 0.29) is 17.9 Å². The molecule has 6 heteroatoms. The van der Waals surface area contributed by atoms with Gasteiger partial charge in [0.2, 0.25) is 0 Å². The van der Waals surface area contributed by atoms with Gasteiger partial charge in [0.15, 0.2) is 0 Å². The molecule has 1 aliphatic heterocycles. The third-order valence-electron chi connectivity index (χ3n) is 3.96. The third-order valence-corrected chi connectivity index (χ3v) is 4.33. The van der Waals surface area contributed by atoms with Gasteiger partial charge in [0.05, 0.1) is 12.5 Å². The maximum atomic E-state index is 12.2. The third kappa shape index (κ3) is 5.13. The predicted molar refractivity (Wildman–Crippen MR) is 89.5 cm³/mol. The van der Waals surface area contributed by atoms with Crippen molar-refractivity contribution in [2.75, 3.05) is 26.2 Å². The fraction of sp³-hybridized carbons (Fsp3) is 0.529. The van der Waals surface area contributed by atoms with Crippen molar-refractivity contribution in [3.05, 3.63) is 34.9 Å². The van der Waals surface area contributed by atoms with E-state index in [9.17, 15) is 9.59 Å². The number of ether oxygens (including phenoxy) is 1. The molecule has 0 aromatic heterocycles. The van der Waals surface area contributed by atoms with Gasteiger partial charge in [-0.25, -0.2) is 4.79 Å². The second-order valence-corrected chi connectivity index (χ2v) is 6.02. The van der Waals surface area contributed by atoms with Crippen molar-refractivity contribution in [2.24, 2.45) is 5.92 Å². The zero-order chi connectivity index (χ0) is 16.7. The number of amides is 2. The molecule has 126 valence electrons. The molecule has 1 aromatic carbocycles. The number of likely N-dealkylation sites (tertiary alicyclic amines) is 1. The van der Waals surface area contributed by atoms with Gasteiger partial charge in [-0.05, 0) is 37.8 Å². The Hall–Kier alpha value is -1.75. The Morgan fingerprint density at radius 3 is 2.91 bits per heavy atom. The van der Waals surface area contributed by atoms with Gasteiger partial charge in [-0.1, -0.05) is 29.8 Å². The Labute approximate surface area is 141 Å². The summed E-state index contributed by atoms with van der Waals surface area (Å²) in [7, 11) is 0. The van der Waals surface area contributed by atoms with Crippen LogP contribution in [0.25, 0.3) is 0 Å². The molecule has 2 amide bonds. The van der Waals surface area contributed by atoms with Crippen molar-refractivity contribution in [1.29, 1.82) is 0 Å². The summed E-state index contributed by atoms with van der Waals surface area (Å²) in [5, 5.41) is 3.61. The molecule has 1 atom stereocenters. The number of carbonyl (C=O) groups excluding carboxylic acids is 2. The molecule has 0 aliphatic carbocycles. The van der Waals surface area contributed by atoms with Crippen LogP contribution in [0, 0.1) is 5.92 Å². The van der Waals surface area contributed by atoms with Crippen molar-refractivity contribution in [3.8, 4) is 0 Å². The molecule has 2 rings (SSSR count). The molecule has 1 N–H and O–H groups in total. The number of nitrogens with one attached hydrogen (secondary N) is 1. The van der Waals surface area contributed by atoms with Crippen LogP contribution in [-0.4, -0.2) is 43.1 Å². The lowest BCUT2D eigenvalue weighted by molar-refractivity contribution is -0.149. The van der Waals surface area contributed by atoms with Crippen LogP contribution in [0.1, 0.15) is 25.3 Å². The number of nitrogens with zero attached hydrogens (tertiary/aromatic N) is 1. The lowest BCUT2D eigenvalue weighted by Gasteiger charge is -2.31. The van der Waals surface area contributed by atoms with Gasteiger partial charge in [-0.2, -0.15) is 0 Å². The number of esters is 1. The fourth-order valence-electron chi connectivity index (χ4n) is 2.73.